The van der Waals surface area contributed by atoms with Crippen LogP contribution in [0, 0.1) is 0 Å². The van der Waals surface area contributed by atoms with Crippen LogP contribution in [0.4, 0.5) is 6.01 Å². The van der Waals surface area contributed by atoms with Crippen LogP contribution in [0.15, 0.2) is 21.5 Å². The number of anilines is 1. The van der Waals surface area contributed by atoms with Crippen LogP contribution < -0.4 is 21.8 Å². The minimum atomic E-state index is -2.20. The average molecular weight is 234 g/mol. The van der Waals surface area contributed by atoms with Crippen LogP contribution >= 0.6 is 7.14 Å². The third kappa shape index (κ3) is 0.696. The van der Waals surface area contributed by atoms with Crippen molar-refractivity contribution < 1.29 is 13.4 Å². The van der Waals surface area contributed by atoms with Crippen molar-refractivity contribution in [2.24, 2.45) is 0 Å². The minimum absolute atomic E-state index is 0.0935. The summed E-state index contributed by atoms with van der Waals surface area (Å²) >= 11 is 0. The summed E-state index contributed by atoms with van der Waals surface area (Å²) in [5, 5.41) is 1.75. The molecule has 0 radical (unpaired) electrons. The van der Waals surface area contributed by atoms with Crippen LogP contribution in [0.2, 0.25) is 0 Å². The molecular formula is C10H7N2O3P. The first-order valence-electron chi connectivity index (χ1n) is 4.83. The molecule has 5 nitrogen and oxygen atoms in total. The highest BCUT2D eigenvalue weighted by Gasteiger charge is 2.75. The van der Waals surface area contributed by atoms with Gasteiger partial charge < -0.3 is 19.1 Å². The largest absolute Gasteiger partial charge is 0.449 e. The summed E-state index contributed by atoms with van der Waals surface area (Å²) in [5.74, 6) is 1.18. The molecule has 80 valence electrons. The SMILES string of the molecule is C=CCc1oc(N)nc1-c1oc2c3c1P23=O. The van der Waals surface area contributed by atoms with E-state index in [1.54, 1.807) is 6.08 Å². The van der Waals surface area contributed by atoms with Gasteiger partial charge in [-0.2, -0.15) is 4.98 Å². The third-order valence-corrected chi connectivity index (χ3v) is 5.47. The van der Waals surface area contributed by atoms with Crippen molar-refractivity contribution in [2.75, 3.05) is 5.73 Å². The van der Waals surface area contributed by atoms with E-state index < -0.39 is 7.14 Å². The zero-order valence-corrected chi connectivity index (χ0v) is 9.08. The van der Waals surface area contributed by atoms with E-state index in [9.17, 15) is 4.57 Å². The van der Waals surface area contributed by atoms with Crippen LogP contribution in [-0.4, -0.2) is 4.98 Å². The molecule has 5 heterocycles. The molecule has 5 rings (SSSR count). The van der Waals surface area contributed by atoms with E-state index in [0.29, 0.717) is 29.1 Å². The number of aromatic nitrogens is 1. The zero-order chi connectivity index (χ0) is 11.1. The molecule has 2 aromatic rings. The lowest BCUT2D eigenvalue weighted by Crippen LogP contribution is -1.97. The number of rotatable bonds is 3. The molecule has 0 amide bonds. The molecule has 0 fully saturated rings. The van der Waals surface area contributed by atoms with Gasteiger partial charge in [0.1, 0.15) is 5.76 Å². The predicted molar refractivity (Wildman–Crippen MR) is 59.0 cm³/mol. The number of oxazole rings is 1. The lowest BCUT2D eigenvalue weighted by Gasteiger charge is -1.91. The Hall–Kier alpha value is -1.74. The van der Waals surface area contributed by atoms with Gasteiger partial charge in [-0.15, -0.1) is 6.58 Å². The Morgan fingerprint density at radius 3 is 2.75 bits per heavy atom. The first-order valence-corrected chi connectivity index (χ1v) is 6.53. The molecular weight excluding hydrogens is 227 g/mol. The Bertz CT molecular complexity index is 701. The van der Waals surface area contributed by atoms with Crippen molar-refractivity contribution in [1.29, 1.82) is 0 Å². The highest BCUT2D eigenvalue weighted by atomic mass is 31.2. The van der Waals surface area contributed by atoms with Crippen LogP contribution in [-0.2, 0) is 11.0 Å². The second kappa shape index (κ2) is 2.18. The summed E-state index contributed by atoms with van der Waals surface area (Å²) in [6.45, 7) is 3.63. The summed E-state index contributed by atoms with van der Waals surface area (Å²) in [5.41, 5.74) is 6.72. The van der Waals surface area contributed by atoms with Crippen LogP contribution in [0.25, 0.3) is 11.5 Å². The molecule has 2 bridgehead atoms. The summed E-state index contributed by atoms with van der Waals surface area (Å²) in [7, 11) is -2.20. The van der Waals surface area contributed by atoms with Gasteiger partial charge in [0.05, 0.1) is 10.6 Å². The van der Waals surface area contributed by atoms with Gasteiger partial charge in [-0.3, -0.25) is 0 Å². The maximum Gasteiger partial charge on any atom is 0.292 e. The maximum atomic E-state index is 11.8. The molecule has 2 N–H and O–H groups in total. The third-order valence-electron chi connectivity index (χ3n) is 2.92. The minimum Gasteiger partial charge on any atom is -0.449 e. The molecule has 6 heteroatoms. The lowest BCUT2D eigenvalue weighted by molar-refractivity contribution is 0.535. The van der Waals surface area contributed by atoms with Crippen LogP contribution in [0.3, 0.4) is 0 Å². The molecule has 2 aromatic heterocycles. The zero-order valence-electron chi connectivity index (χ0n) is 8.19. The smallest absolute Gasteiger partial charge is 0.292 e. The monoisotopic (exact) mass is 234 g/mol. The van der Waals surface area contributed by atoms with Crippen molar-refractivity contribution in [3.8, 4) is 11.5 Å². The molecule has 0 aliphatic carbocycles. The molecule has 0 spiro atoms. The number of hydrogen-bond donors (Lipinski definition) is 1. The van der Waals surface area contributed by atoms with E-state index in [2.05, 4.69) is 11.6 Å². The fourth-order valence-electron chi connectivity index (χ4n) is 2.08. The van der Waals surface area contributed by atoms with E-state index in [4.69, 9.17) is 14.6 Å². The van der Waals surface area contributed by atoms with E-state index in [0.717, 1.165) is 10.6 Å². The van der Waals surface area contributed by atoms with E-state index in [1.165, 1.54) is 0 Å². The Morgan fingerprint density at radius 1 is 1.44 bits per heavy atom. The van der Waals surface area contributed by atoms with E-state index in [1.807, 2.05) is 0 Å². The molecule has 16 heavy (non-hydrogen) atoms. The van der Waals surface area contributed by atoms with Gasteiger partial charge in [-0.25, -0.2) is 0 Å². The van der Waals surface area contributed by atoms with Gasteiger partial charge in [-0.1, -0.05) is 6.08 Å². The van der Waals surface area contributed by atoms with Crippen molar-refractivity contribution in [1.82, 2.24) is 4.98 Å². The van der Waals surface area contributed by atoms with E-state index in [-0.39, 0.29) is 6.01 Å². The molecule has 3 aliphatic heterocycles. The van der Waals surface area contributed by atoms with Crippen LogP contribution in [0.1, 0.15) is 5.76 Å². The van der Waals surface area contributed by atoms with Gasteiger partial charge in [-0.05, 0) is 0 Å². The van der Waals surface area contributed by atoms with Crippen molar-refractivity contribution in [2.45, 2.75) is 6.42 Å². The Balaban J connectivity index is 1.90. The molecule has 0 saturated carbocycles. The Kier molecular flexibility index (Phi) is 1.14. The second-order valence-corrected chi connectivity index (χ2v) is 6.38. The molecule has 1 unspecified atom stereocenters. The number of nitrogen functional groups attached to an aromatic ring is 1. The predicted octanol–water partition coefficient (Wildman–Crippen LogP) is 0.511. The highest BCUT2D eigenvalue weighted by Crippen LogP contribution is 2.70. The van der Waals surface area contributed by atoms with Gasteiger partial charge in [0.2, 0.25) is 7.14 Å². The van der Waals surface area contributed by atoms with Gasteiger partial charge >= 0.3 is 0 Å². The quantitative estimate of drug-likeness (QED) is 0.412. The second-order valence-electron chi connectivity index (χ2n) is 3.86. The van der Waals surface area contributed by atoms with Gasteiger partial charge in [0.25, 0.3) is 6.01 Å². The molecule has 3 aliphatic rings. The first kappa shape index (κ1) is 8.42. The summed E-state index contributed by atoms with van der Waals surface area (Å²) < 4.78 is 22.5. The fourth-order valence-corrected chi connectivity index (χ4v) is 4.56. The maximum absolute atomic E-state index is 11.8. The molecule has 0 saturated heterocycles. The summed E-state index contributed by atoms with van der Waals surface area (Å²) in [4.78, 5) is 4.07. The van der Waals surface area contributed by atoms with Gasteiger partial charge in [0.15, 0.2) is 17.0 Å². The Morgan fingerprint density at radius 2 is 2.19 bits per heavy atom. The van der Waals surface area contributed by atoms with Crippen molar-refractivity contribution in [3.05, 3.63) is 18.4 Å². The van der Waals surface area contributed by atoms with Crippen molar-refractivity contribution in [3.63, 3.8) is 0 Å². The standard InChI is InChI=1S/C10H7N2O3P/c1-2-3-4-5(12-10(11)14-4)6-7-8-9(15-6)16(7,8)13/h2H,1,3H2,(H2,11,12). The number of allylic oxidation sites excluding steroid dienone is 1. The number of nitrogens with zero attached hydrogens (tertiary/aromatic N) is 1. The number of fused-ring (bicyclic) bond motifs is 1. The number of furan rings is 1. The van der Waals surface area contributed by atoms with Crippen molar-refractivity contribution >= 4 is 29.3 Å². The fraction of sp³-hybridized carbons (Fsp3) is 0.100. The average Bonchev–Trinajstić information content (AvgIpc) is 2.80. The van der Waals surface area contributed by atoms with E-state index >= 15 is 0 Å². The number of nitrogens with two attached hydrogens (primary N) is 1. The normalized spacial score (nSPS) is 23.0. The lowest BCUT2D eigenvalue weighted by atomic mass is 10.2. The topological polar surface area (TPSA) is 82.3 Å². The van der Waals surface area contributed by atoms with Crippen LogP contribution in [0.5, 0.6) is 0 Å². The Labute approximate surface area is 90.3 Å². The summed E-state index contributed by atoms with van der Waals surface area (Å²) in [6, 6.07) is 0.0935. The molecule has 1 atom stereocenters. The van der Waals surface area contributed by atoms with Gasteiger partial charge in [0, 0.05) is 6.42 Å². The summed E-state index contributed by atoms with van der Waals surface area (Å²) in [6.07, 6.45) is 2.22. The highest BCUT2D eigenvalue weighted by molar-refractivity contribution is 8.06. The first-order chi connectivity index (χ1) is 7.67. The molecule has 0 aromatic carbocycles. The number of hydrogen-bond acceptors (Lipinski definition) is 5.